The van der Waals surface area contributed by atoms with E-state index in [1.165, 1.54) is 42.0 Å². The van der Waals surface area contributed by atoms with Crippen molar-refractivity contribution in [3.63, 3.8) is 0 Å². The van der Waals surface area contributed by atoms with Gasteiger partial charge in [0.1, 0.15) is 0 Å². The van der Waals surface area contributed by atoms with Crippen LogP contribution in [-0.2, 0) is 22.6 Å². The molecule has 0 saturated heterocycles. The molecule has 2 aliphatic carbocycles. The van der Waals surface area contributed by atoms with Gasteiger partial charge in [-0.3, -0.25) is 0 Å². The van der Waals surface area contributed by atoms with E-state index in [9.17, 15) is 0 Å². The Morgan fingerprint density at radius 2 is 1.52 bits per heavy atom. The minimum absolute atomic E-state index is 0.138. The van der Waals surface area contributed by atoms with Crippen LogP contribution in [0.3, 0.4) is 0 Å². The van der Waals surface area contributed by atoms with Gasteiger partial charge in [-0.1, -0.05) is 62.4 Å². The molecule has 0 heterocycles. The molecule has 2 saturated carbocycles. The number of likely N-dealkylation sites (N-methyl/N-ethyl adjacent to an activating group) is 1. The van der Waals surface area contributed by atoms with E-state index in [0.717, 1.165) is 51.6 Å². The Bertz CT molecular complexity index is 926. The van der Waals surface area contributed by atoms with E-state index < -0.39 is 0 Å². The van der Waals surface area contributed by atoms with E-state index in [2.05, 4.69) is 67.3 Å². The molecule has 2 aliphatic rings. The summed E-state index contributed by atoms with van der Waals surface area (Å²) >= 11 is 13.7. The number of hydrogen-bond donors (Lipinski definition) is 0. The highest BCUT2D eigenvalue weighted by Gasteiger charge is 2.50. The number of nitrogens with zero attached hydrogens (tertiary/aromatic N) is 2. The normalized spacial score (nSPS) is 18.1. The minimum Gasteiger partial charge on any atom is -0.300 e. The van der Waals surface area contributed by atoms with E-state index >= 15 is 0 Å². The third-order valence-corrected chi connectivity index (χ3v) is 8.28. The van der Waals surface area contributed by atoms with Crippen LogP contribution in [0.1, 0.15) is 81.5 Å². The summed E-state index contributed by atoms with van der Waals surface area (Å²) in [5.41, 5.74) is 5.46. The molecule has 2 aromatic carbocycles. The summed E-state index contributed by atoms with van der Waals surface area (Å²) < 4.78 is 0. The van der Waals surface area contributed by atoms with Crippen LogP contribution >= 0.6 is 23.2 Å². The van der Waals surface area contributed by atoms with E-state index in [-0.39, 0.29) is 9.75 Å². The molecule has 0 spiro atoms. The maximum absolute atomic E-state index is 7.32. The average molecular weight is 486 g/mol. The van der Waals surface area contributed by atoms with Crippen LogP contribution in [0, 0.1) is 11.3 Å². The van der Waals surface area contributed by atoms with Crippen LogP contribution in [0.5, 0.6) is 0 Å². The second-order valence-electron chi connectivity index (χ2n) is 9.50. The third kappa shape index (κ3) is 6.98. The lowest BCUT2D eigenvalue weighted by molar-refractivity contribution is 0.193. The fraction of sp³-hybridized carbons (Fsp3) is 0.552. The topological polar surface area (TPSA) is 27.0 Å². The first-order valence-electron chi connectivity index (χ1n) is 12.5. The summed E-state index contributed by atoms with van der Waals surface area (Å²) in [6.07, 6.45) is 8.94. The molecule has 2 fully saturated rings. The Balaban J connectivity index is 0.000000968. The molecule has 4 heteroatoms. The SMILES string of the molecule is CC#N.CCC(CCc1ccc(C2(Cl)CC2)c(C2(Cl)CC2)c1)N(CC)CCc1ccccc1. The Morgan fingerprint density at radius 1 is 0.909 bits per heavy atom. The molecule has 0 amide bonds. The van der Waals surface area contributed by atoms with Gasteiger partial charge in [-0.25, -0.2) is 0 Å². The van der Waals surface area contributed by atoms with Crippen LogP contribution in [0.15, 0.2) is 48.5 Å². The van der Waals surface area contributed by atoms with E-state index in [1.54, 1.807) is 6.07 Å². The van der Waals surface area contributed by atoms with Crippen molar-refractivity contribution in [3.8, 4) is 6.07 Å². The highest BCUT2D eigenvalue weighted by atomic mass is 35.5. The van der Waals surface area contributed by atoms with Gasteiger partial charge in [0.15, 0.2) is 0 Å². The van der Waals surface area contributed by atoms with Gasteiger partial charge in [0, 0.05) is 19.5 Å². The second-order valence-corrected chi connectivity index (χ2v) is 10.9. The molecule has 2 aromatic rings. The van der Waals surface area contributed by atoms with Crippen LogP contribution in [0.2, 0.25) is 0 Å². The van der Waals surface area contributed by atoms with Gasteiger partial charge < -0.3 is 4.90 Å². The lowest BCUT2D eigenvalue weighted by atomic mass is 9.93. The highest BCUT2D eigenvalue weighted by molar-refractivity contribution is 6.28. The Hall–Kier alpha value is -1.53. The number of benzene rings is 2. The molecule has 2 nitrogen and oxygen atoms in total. The summed E-state index contributed by atoms with van der Waals surface area (Å²) in [6.45, 7) is 8.28. The summed E-state index contributed by atoms with van der Waals surface area (Å²) in [5.74, 6) is 0. The molecule has 178 valence electrons. The number of aryl methyl sites for hydroxylation is 1. The predicted molar refractivity (Wildman–Crippen MR) is 141 cm³/mol. The van der Waals surface area contributed by atoms with Crippen LogP contribution < -0.4 is 0 Å². The zero-order chi connectivity index (χ0) is 23.9. The highest BCUT2D eigenvalue weighted by Crippen LogP contribution is 2.60. The van der Waals surface area contributed by atoms with Gasteiger partial charge in [-0.05, 0) is 80.2 Å². The molecule has 0 aliphatic heterocycles. The van der Waals surface area contributed by atoms with Gasteiger partial charge in [-0.2, -0.15) is 5.26 Å². The van der Waals surface area contributed by atoms with Crippen molar-refractivity contribution >= 4 is 23.2 Å². The predicted octanol–water partition coefficient (Wildman–Crippen LogP) is 7.95. The fourth-order valence-corrected chi connectivity index (χ4v) is 5.27. The third-order valence-electron chi connectivity index (χ3n) is 7.12. The number of halogens is 2. The molecule has 4 rings (SSSR count). The zero-order valence-corrected chi connectivity index (χ0v) is 21.9. The molecule has 0 radical (unpaired) electrons. The first-order chi connectivity index (χ1) is 15.9. The van der Waals surface area contributed by atoms with E-state index in [1.807, 2.05) is 0 Å². The fourth-order valence-electron chi connectivity index (χ4n) is 4.76. The molecular weight excluding hydrogens is 447 g/mol. The quantitative estimate of drug-likeness (QED) is 0.302. The summed E-state index contributed by atoms with van der Waals surface area (Å²) in [5, 5.41) is 7.32. The van der Waals surface area contributed by atoms with E-state index in [0.29, 0.717) is 6.04 Å². The zero-order valence-electron chi connectivity index (χ0n) is 20.4. The lowest BCUT2D eigenvalue weighted by Crippen LogP contribution is -2.36. The first kappa shape index (κ1) is 26.1. The van der Waals surface area contributed by atoms with Crippen molar-refractivity contribution in [2.45, 2.75) is 87.9 Å². The lowest BCUT2D eigenvalue weighted by Gasteiger charge is -2.30. The maximum atomic E-state index is 7.32. The Morgan fingerprint density at radius 3 is 2.06 bits per heavy atom. The van der Waals surface area contributed by atoms with Crippen molar-refractivity contribution in [3.05, 3.63) is 70.8 Å². The smallest absolute Gasteiger partial charge is 0.0699 e. The average Bonchev–Trinajstić information content (AvgIpc) is 3.76. The summed E-state index contributed by atoms with van der Waals surface area (Å²) in [7, 11) is 0. The first-order valence-corrected chi connectivity index (χ1v) is 13.2. The van der Waals surface area contributed by atoms with Gasteiger partial charge in [0.25, 0.3) is 0 Å². The molecule has 1 unspecified atom stereocenters. The molecule has 33 heavy (non-hydrogen) atoms. The Labute approximate surface area is 210 Å². The number of nitriles is 1. The largest absolute Gasteiger partial charge is 0.300 e. The van der Waals surface area contributed by atoms with E-state index in [4.69, 9.17) is 28.5 Å². The van der Waals surface area contributed by atoms with Gasteiger partial charge in [0.2, 0.25) is 0 Å². The molecule has 0 N–H and O–H groups in total. The molecule has 0 aromatic heterocycles. The molecular formula is C29H38Cl2N2. The van der Waals surface area contributed by atoms with Crippen LogP contribution in [0.4, 0.5) is 0 Å². The summed E-state index contributed by atoms with van der Waals surface area (Å²) in [6, 6.07) is 20.2. The van der Waals surface area contributed by atoms with Gasteiger partial charge in [-0.15, -0.1) is 23.2 Å². The van der Waals surface area contributed by atoms with Crippen molar-refractivity contribution in [1.29, 1.82) is 5.26 Å². The monoisotopic (exact) mass is 484 g/mol. The van der Waals surface area contributed by atoms with Crippen molar-refractivity contribution in [2.24, 2.45) is 0 Å². The second kappa shape index (κ2) is 11.7. The summed E-state index contributed by atoms with van der Waals surface area (Å²) in [4.78, 5) is 2.37. The molecule has 1 atom stereocenters. The van der Waals surface area contributed by atoms with Crippen molar-refractivity contribution < 1.29 is 0 Å². The van der Waals surface area contributed by atoms with Crippen molar-refractivity contribution in [1.82, 2.24) is 4.90 Å². The number of hydrogen-bond acceptors (Lipinski definition) is 2. The standard InChI is InChI=1S/C27H35Cl2N.C2H3N/c1-3-23(30(4-2)19-14-21-8-6-5-7-9-21)12-10-22-11-13-24(26(28)15-16-26)25(20-22)27(29)17-18-27;1-2-3/h5-9,11,13,20,23H,3-4,10,12,14-19H2,1-2H3;1H3. The number of rotatable bonds is 11. The number of alkyl halides is 2. The molecule has 0 bridgehead atoms. The minimum atomic E-state index is -0.148. The van der Waals surface area contributed by atoms with Gasteiger partial charge >= 0.3 is 0 Å². The van der Waals surface area contributed by atoms with Crippen molar-refractivity contribution in [2.75, 3.05) is 13.1 Å². The van der Waals surface area contributed by atoms with Crippen LogP contribution in [-0.4, -0.2) is 24.0 Å². The van der Waals surface area contributed by atoms with Crippen LogP contribution in [0.25, 0.3) is 0 Å². The maximum Gasteiger partial charge on any atom is 0.0699 e. The Kier molecular flexibility index (Phi) is 9.28. The van der Waals surface area contributed by atoms with Gasteiger partial charge in [0.05, 0.1) is 15.8 Å².